The number of hydrogen-bond acceptors (Lipinski definition) is 5. The molecule has 2 aliphatic heterocycles. The number of nitrogens with one attached hydrogen (secondary N) is 2. The Balaban J connectivity index is 1.46. The molecule has 2 aromatic carbocycles. The summed E-state index contributed by atoms with van der Waals surface area (Å²) in [6.07, 6.45) is 3.13. The number of benzene rings is 2. The highest BCUT2D eigenvalue weighted by atomic mass is 16.5. The molecule has 1 unspecified atom stereocenters. The lowest BCUT2D eigenvalue weighted by Gasteiger charge is -2.32. The van der Waals surface area contributed by atoms with Gasteiger partial charge in [0.05, 0.1) is 24.8 Å². The smallest absolute Gasteiger partial charge is 0.258 e. The minimum Gasteiger partial charge on any atom is -0.376 e. The first-order valence-corrected chi connectivity index (χ1v) is 12.1. The monoisotopic (exact) mass is 457 g/mol. The Kier molecular flexibility index (Phi) is 5.47. The van der Waals surface area contributed by atoms with Crippen molar-refractivity contribution in [2.45, 2.75) is 51.4 Å². The van der Waals surface area contributed by atoms with Crippen molar-refractivity contribution in [2.24, 2.45) is 0 Å². The zero-order chi connectivity index (χ0) is 23.1. The van der Waals surface area contributed by atoms with E-state index in [4.69, 9.17) is 4.74 Å². The summed E-state index contributed by atoms with van der Waals surface area (Å²) in [5.74, 6) is 0.724. The number of tetrazole rings is 1. The Hall–Kier alpha value is -3.36. The summed E-state index contributed by atoms with van der Waals surface area (Å²) in [7, 11) is 0. The molecule has 0 radical (unpaired) electrons. The largest absolute Gasteiger partial charge is 0.376 e. The number of hydrogen-bond donors (Lipinski definition) is 2. The molecular formula is C26H29N6O2+. The molecule has 8 heteroatoms. The minimum atomic E-state index is -0.279. The Morgan fingerprint density at radius 1 is 1.21 bits per heavy atom. The third-order valence-electron chi connectivity index (χ3n) is 7.22. The summed E-state index contributed by atoms with van der Waals surface area (Å²) in [6, 6.07) is 16.4. The van der Waals surface area contributed by atoms with Gasteiger partial charge in [-0.1, -0.05) is 35.9 Å². The first-order chi connectivity index (χ1) is 16.7. The number of ether oxygens (including phenoxy) is 1. The Bertz CT molecular complexity index is 1390. The van der Waals surface area contributed by atoms with Crippen LogP contribution in [-0.2, 0) is 24.2 Å². The third kappa shape index (κ3) is 3.93. The molecule has 2 aliphatic rings. The average Bonchev–Trinajstić information content (AvgIpc) is 3.53. The zero-order valence-electron chi connectivity index (χ0n) is 19.3. The van der Waals surface area contributed by atoms with Gasteiger partial charge in [-0.25, -0.2) is 4.68 Å². The molecule has 174 valence electrons. The molecule has 2 aromatic heterocycles. The molecule has 6 rings (SSSR count). The van der Waals surface area contributed by atoms with E-state index in [1.54, 1.807) is 0 Å². The van der Waals surface area contributed by atoms with Crippen LogP contribution in [0.4, 0.5) is 0 Å². The van der Waals surface area contributed by atoms with E-state index in [0.717, 1.165) is 61.2 Å². The van der Waals surface area contributed by atoms with Crippen molar-refractivity contribution in [1.82, 2.24) is 25.2 Å². The molecule has 3 atom stereocenters. The van der Waals surface area contributed by atoms with Gasteiger partial charge in [0.1, 0.15) is 6.54 Å². The van der Waals surface area contributed by atoms with Crippen LogP contribution < -0.4 is 10.5 Å². The lowest BCUT2D eigenvalue weighted by Crippen LogP contribution is -3.12. The standard InChI is InChI=1S/C26H28N6O2/c1-17-8-9-23-20(13-17)14-22(26(33)27-23)24(31-11-10-18-5-2-3-6-19(18)15-31)25-28-29-30-32(25)16-21-7-4-12-34-21/h2-3,5-6,8-9,13-14,21,24H,4,7,10-12,15-16H2,1H3,(H,27,33)/p+1/t21-,24-/m0/s1. The van der Waals surface area contributed by atoms with E-state index >= 15 is 0 Å². The molecule has 1 fully saturated rings. The maximum Gasteiger partial charge on any atom is 0.258 e. The normalized spacial score (nSPS) is 21.0. The third-order valence-corrected chi connectivity index (χ3v) is 7.22. The van der Waals surface area contributed by atoms with Crippen molar-refractivity contribution < 1.29 is 9.64 Å². The van der Waals surface area contributed by atoms with Gasteiger partial charge in [-0.15, -0.1) is 5.10 Å². The summed E-state index contributed by atoms with van der Waals surface area (Å²) in [6.45, 7) is 5.17. The number of pyridine rings is 1. The number of H-pyrrole nitrogens is 1. The van der Waals surface area contributed by atoms with Gasteiger partial charge >= 0.3 is 0 Å². The maximum atomic E-state index is 13.4. The Morgan fingerprint density at radius 2 is 2.09 bits per heavy atom. The number of aromatic nitrogens is 5. The van der Waals surface area contributed by atoms with Crippen molar-refractivity contribution >= 4 is 10.9 Å². The van der Waals surface area contributed by atoms with Crippen LogP contribution in [0, 0.1) is 6.92 Å². The molecule has 0 saturated carbocycles. The number of fused-ring (bicyclic) bond motifs is 2. The zero-order valence-corrected chi connectivity index (χ0v) is 19.3. The van der Waals surface area contributed by atoms with Gasteiger partial charge in [-0.2, -0.15) is 0 Å². The first-order valence-electron chi connectivity index (χ1n) is 12.1. The molecule has 1 saturated heterocycles. The van der Waals surface area contributed by atoms with E-state index in [2.05, 4.69) is 57.8 Å². The summed E-state index contributed by atoms with van der Waals surface area (Å²) >= 11 is 0. The molecule has 0 bridgehead atoms. The highest BCUT2D eigenvalue weighted by molar-refractivity contribution is 5.79. The lowest BCUT2D eigenvalue weighted by atomic mass is 9.95. The summed E-state index contributed by atoms with van der Waals surface area (Å²) in [5.41, 5.74) is 5.32. The van der Waals surface area contributed by atoms with Crippen LogP contribution in [-0.4, -0.2) is 44.4 Å². The van der Waals surface area contributed by atoms with Crippen LogP contribution in [0.2, 0.25) is 0 Å². The number of nitrogens with zero attached hydrogens (tertiary/aromatic N) is 4. The van der Waals surface area contributed by atoms with Crippen molar-refractivity contribution in [3.63, 3.8) is 0 Å². The maximum absolute atomic E-state index is 13.4. The van der Waals surface area contributed by atoms with E-state index in [-0.39, 0.29) is 17.7 Å². The van der Waals surface area contributed by atoms with E-state index in [0.29, 0.717) is 12.1 Å². The van der Waals surface area contributed by atoms with Crippen molar-refractivity contribution in [3.05, 3.63) is 87.0 Å². The van der Waals surface area contributed by atoms with Gasteiger partial charge in [-0.05, 0) is 59.3 Å². The van der Waals surface area contributed by atoms with Crippen LogP contribution >= 0.6 is 0 Å². The Labute approximate surface area is 197 Å². The Morgan fingerprint density at radius 3 is 2.94 bits per heavy atom. The van der Waals surface area contributed by atoms with Gasteiger partial charge < -0.3 is 14.6 Å². The van der Waals surface area contributed by atoms with E-state index in [1.807, 2.05) is 22.9 Å². The van der Waals surface area contributed by atoms with Crippen LogP contribution in [0.5, 0.6) is 0 Å². The van der Waals surface area contributed by atoms with Gasteiger partial charge in [0.15, 0.2) is 6.04 Å². The predicted molar refractivity (Wildman–Crippen MR) is 128 cm³/mol. The summed E-state index contributed by atoms with van der Waals surface area (Å²) < 4.78 is 7.72. The second-order valence-corrected chi connectivity index (χ2v) is 9.54. The van der Waals surface area contributed by atoms with Gasteiger partial charge in [0.25, 0.3) is 5.56 Å². The van der Waals surface area contributed by atoms with E-state index in [1.165, 1.54) is 16.0 Å². The number of aromatic amines is 1. The fourth-order valence-corrected chi connectivity index (χ4v) is 5.48. The summed E-state index contributed by atoms with van der Waals surface area (Å²) in [4.78, 5) is 17.8. The predicted octanol–water partition coefficient (Wildman–Crippen LogP) is 1.73. The van der Waals surface area contributed by atoms with Crippen LogP contribution in [0.1, 0.15) is 47.0 Å². The van der Waals surface area contributed by atoms with Crippen molar-refractivity contribution in [1.29, 1.82) is 0 Å². The van der Waals surface area contributed by atoms with Crippen molar-refractivity contribution in [2.75, 3.05) is 13.2 Å². The molecule has 0 spiro atoms. The quantitative estimate of drug-likeness (QED) is 0.477. The highest BCUT2D eigenvalue weighted by Gasteiger charge is 2.36. The fraction of sp³-hybridized carbons (Fsp3) is 0.385. The second kappa shape index (κ2) is 8.77. The molecule has 4 aromatic rings. The molecule has 8 nitrogen and oxygen atoms in total. The number of rotatable bonds is 5. The molecule has 0 amide bonds. The van der Waals surface area contributed by atoms with Gasteiger partial charge in [-0.3, -0.25) is 4.79 Å². The molecule has 2 N–H and O–H groups in total. The highest BCUT2D eigenvalue weighted by Crippen LogP contribution is 2.22. The van der Waals surface area contributed by atoms with Crippen LogP contribution in [0.15, 0.2) is 53.3 Å². The van der Waals surface area contributed by atoms with E-state index < -0.39 is 0 Å². The molecular weight excluding hydrogens is 428 g/mol. The molecule has 0 aliphatic carbocycles. The van der Waals surface area contributed by atoms with E-state index in [9.17, 15) is 4.79 Å². The van der Waals surface area contributed by atoms with Crippen LogP contribution in [0.3, 0.4) is 0 Å². The molecule has 4 heterocycles. The lowest BCUT2D eigenvalue weighted by molar-refractivity contribution is -0.942. The second-order valence-electron chi connectivity index (χ2n) is 9.54. The van der Waals surface area contributed by atoms with Gasteiger partial charge in [0, 0.05) is 24.1 Å². The number of aryl methyl sites for hydroxylation is 1. The topological polar surface area (TPSA) is 90.1 Å². The fourth-order valence-electron chi connectivity index (χ4n) is 5.48. The first kappa shape index (κ1) is 21.2. The average molecular weight is 458 g/mol. The van der Waals surface area contributed by atoms with Crippen molar-refractivity contribution in [3.8, 4) is 0 Å². The SMILES string of the molecule is Cc1ccc2[nH]c(=O)c([C@@H](c3nnnn3C[C@@H]3CCCO3)[NH+]3CCc4ccccc4C3)cc2c1. The number of quaternary nitrogens is 1. The van der Waals surface area contributed by atoms with Gasteiger partial charge in [0.2, 0.25) is 5.82 Å². The van der Waals surface area contributed by atoms with Crippen LogP contribution in [0.25, 0.3) is 10.9 Å². The minimum absolute atomic E-state index is 0.0839. The summed E-state index contributed by atoms with van der Waals surface area (Å²) in [5, 5.41) is 13.9. The molecule has 34 heavy (non-hydrogen) atoms.